The minimum absolute atomic E-state index is 0.000246. The van der Waals surface area contributed by atoms with E-state index in [1.807, 2.05) is 36.5 Å². The number of ether oxygens (including phenoxy) is 3. The number of hydrogen-bond donors (Lipinski definition) is 1. The zero-order chi connectivity index (χ0) is 20.8. The number of nitriles is 1. The molecule has 0 radical (unpaired) electrons. The van der Waals surface area contributed by atoms with Crippen LogP contribution in [0.25, 0.3) is 11.1 Å². The van der Waals surface area contributed by atoms with Crippen molar-refractivity contribution >= 4 is 5.95 Å². The molecule has 30 heavy (non-hydrogen) atoms. The lowest BCUT2D eigenvalue weighted by atomic mass is 9.87. The Hall–Kier alpha value is -2.85. The van der Waals surface area contributed by atoms with Crippen molar-refractivity contribution in [2.75, 3.05) is 25.1 Å². The summed E-state index contributed by atoms with van der Waals surface area (Å²) in [5.74, 6) is 2.63. The van der Waals surface area contributed by atoms with Crippen LogP contribution in [0, 0.1) is 17.2 Å². The number of rotatable bonds is 7. The van der Waals surface area contributed by atoms with Crippen LogP contribution in [-0.2, 0) is 4.74 Å². The highest BCUT2D eigenvalue weighted by molar-refractivity contribution is 5.69. The molecule has 1 N–H and O–H groups in total. The van der Waals surface area contributed by atoms with Crippen molar-refractivity contribution in [3.05, 3.63) is 30.5 Å². The van der Waals surface area contributed by atoms with E-state index in [4.69, 9.17) is 24.5 Å². The van der Waals surface area contributed by atoms with Crippen LogP contribution in [0.15, 0.2) is 30.5 Å². The quantitative estimate of drug-likeness (QED) is 0.734. The molecule has 1 unspecified atom stereocenters. The summed E-state index contributed by atoms with van der Waals surface area (Å²) >= 11 is 0. The van der Waals surface area contributed by atoms with Crippen LogP contribution >= 0.6 is 0 Å². The van der Waals surface area contributed by atoms with Crippen molar-refractivity contribution in [3.8, 4) is 28.8 Å². The van der Waals surface area contributed by atoms with E-state index in [9.17, 15) is 0 Å². The molecule has 1 aliphatic heterocycles. The third-order valence-corrected chi connectivity index (χ3v) is 5.74. The molecule has 1 atom stereocenters. The summed E-state index contributed by atoms with van der Waals surface area (Å²) in [6, 6.07) is 9.92. The van der Waals surface area contributed by atoms with Gasteiger partial charge in [-0.1, -0.05) is 19.1 Å². The lowest BCUT2D eigenvalue weighted by molar-refractivity contribution is 0.138. The molecule has 0 bridgehead atoms. The van der Waals surface area contributed by atoms with Crippen molar-refractivity contribution in [2.45, 2.75) is 51.2 Å². The van der Waals surface area contributed by atoms with Crippen LogP contribution in [0.1, 0.15) is 39.0 Å². The van der Waals surface area contributed by atoms with Gasteiger partial charge in [0, 0.05) is 18.7 Å². The SMILES string of the molecule is C[C@H]1CC[C@H](Nc2ncc(-c3ccc(OCC#N)cc3)c(OC3CCOC3)n2)CC1. The first-order valence-electron chi connectivity index (χ1n) is 10.7. The van der Waals surface area contributed by atoms with Gasteiger partial charge >= 0.3 is 0 Å². The molecule has 2 fully saturated rings. The topological polar surface area (TPSA) is 89.3 Å². The largest absolute Gasteiger partial charge is 0.479 e. The van der Waals surface area contributed by atoms with Crippen LogP contribution in [0.5, 0.6) is 11.6 Å². The van der Waals surface area contributed by atoms with Crippen LogP contribution in [-0.4, -0.2) is 41.9 Å². The maximum atomic E-state index is 8.66. The van der Waals surface area contributed by atoms with E-state index in [1.165, 1.54) is 12.8 Å². The van der Waals surface area contributed by atoms with Crippen molar-refractivity contribution in [3.63, 3.8) is 0 Å². The predicted octanol–water partition coefficient (Wildman–Crippen LogP) is 4.20. The van der Waals surface area contributed by atoms with Gasteiger partial charge in [0.15, 0.2) is 6.61 Å². The highest BCUT2D eigenvalue weighted by Crippen LogP contribution is 2.32. The Morgan fingerprint density at radius 3 is 2.67 bits per heavy atom. The average Bonchev–Trinajstić information content (AvgIpc) is 3.28. The second-order valence-corrected chi connectivity index (χ2v) is 8.09. The summed E-state index contributed by atoms with van der Waals surface area (Å²) < 4.78 is 17.0. The lowest BCUT2D eigenvalue weighted by Crippen LogP contribution is -2.26. The standard InChI is InChI=1S/C23H28N4O3/c1-16-2-6-18(7-3-16)26-23-25-14-21(22(27-23)30-20-10-12-28-15-20)17-4-8-19(9-5-17)29-13-11-24/h4-5,8-9,14,16,18,20H,2-3,6-7,10,12-13,15H2,1H3,(H,25,26,27)/t16-,18-,20?. The van der Waals surface area contributed by atoms with E-state index in [2.05, 4.69) is 17.2 Å². The number of nitrogens with zero attached hydrogens (tertiary/aromatic N) is 3. The minimum Gasteiger partial charge on any atom is -0.479 e. The maximum Gasteiger partial charge on any atom is 0.226 e. The lowest BCUT2D eigenvalue weighted by Gasteiger charge is -2.27. The molecule has 0 spiro atoms. The Bertz CT molecular complexity index is 867. The molecule has 1 aromatic heterocycles. The van der Waals surface area contributed by atoms with Gasteiger partial charge in [0.2, 0.25) is 11.8 Å². The fraction of sp³-hybridized carbons (Fsp3) is 0.522. The molecule has 2 heterocycles. The zero-order valence-corrected chi connectivity index (χ0v) is 17.3. The molecule has 158 valence electrons. The highest BCUT2D eigenvalue weighted by Gasteiger charge is 2.23. The molecule has 1 saturated heterocycles. The van der Waals surface area contributed by atoms with Crippen molar-refractivity contribution < 1.29 is 14.2 Å². The summed E-state index contributed by atoms with van der Waals surface area (Å²) in [7, 11) is 0. The number of benzene rings is 1. The minimum atomic E-state index is 0.000246. The van der Waals surface area contributed by atoms with Crippen molar-refractivity contribution in [2.24, 2.45) is 5.92 Å². The molecule has 1 aromatic carbocycles. The molecule has 7 nitrogen and oxygen atoms in total. The Morgan fingerprint density at radius 2 is 1.97 bits per heavy atom. The van der Waals surface area contributed by atoms with Gasteiger partial charge in [-0.2, -0.15) is 10.2 Å². The third-order valence-electron chi connectivity index (χ3n) is 5.74. The summed E-state index contributed by atoms with van der Waals surface area (Å²) in [5.41, 5.74) is 1.77. The Kier molecular flexibility index (Phi) is 6.65. The Morgan fingerprint density at radius 1 is 1.17 bits per heavy atom. The molecule has 1 aliphatic carbocycles. The molecule has 4 rings (SSSR count). The van der Waals surface area contributed by atoms with Crippen molar-refractivity contribution in [1.82, 2.24) is 9.97 Å². The smallest absolute Gasteiger partial charge is 0.226 e. The summed E-state index contributed by atoms with van der Waals surface area (Å²) in [6.07, 6.45) is 7.43. The first-order chi connectivity index (χ1) is 14.7. The normalized spacial score (nSPS) is 23.5. The van der Waals surface area contributed by atoms with Gasteiger partial charge in [0.05, 0.1) is 18.8 Å². The predicted molar refractivity (Wildman–Crippen MR) is 113 cm³/mol. The van der Waals surface area contributed by atoms with Gasteiger partial charge in [-0.05, 0) is 49.3 Å². The monoisotopic (exact) mass is 408 g/mol. The summed E-state index contributed by atoms with van der Waals surface area (Å²) in [5, 5.41) is 12.2. The van der Waals surface area contributed by atoms with Crippen LogP contribution in [0.3, 0.4) is 0 Å². The number of aromatic nitrogens is 2. The summed E-state index contributed by atoms with van der Waals surface area (Å²) in [6.45, 7) is 3.63. The Balaban J connectivity index is 1.54. The van der Waals surface area contributed by atoms with E-state index in [0.29, 0.717) is 36.8 Å². The molecule has 0 amide bonds. The van der Waals surface area contributed by atoms with Gasteiger partial charge in [0.25, 0.3) is 0 Å². The average molecular weight is 409 g/mol. The Labute approximate surface area is 177 Å². The highest BCUT2D eigenvalue weighted by atomic mass is 16.5. The second-order valence-electron chi connectivity index (χ2n) is 8.09. The fourth-order valence-corrected chi connectivity index (χ4v) is 3.92. The third kappa shape index (κ3) is 5.19. The van der Waals surface area contributed by atoms with E-state index < -0.39 is 0 Å². The number of nitrogens with one attached hydrogen (secondary N) is 1. The fourth-order valence-electron chi connectivity index (χ4n) is 3.92. The van der Waals surface area contributed by atoms with Gasteiger partial charge in [-0.15, -0.1) is 0 Å². The van der Waals surface area contributed by atoms with E-state index in [0.717, 1.165) is 36.3 Å². The number of anilines is 1. The number of hydrogen-bond acceptors (Lipinski definition) is 7. The van der Waals surface area contributed by atoms with Crippen molar-refractivity contribution in [1.29, 1.82) is 5.26 Å². The van der Waals surface area contributed by atoms with E-state index >= 15 is 0 Å². The van der Waals surface area contributed by atoms with E-state index in [1.54, 1.807) is 0 Å². The van der Waals surface area contributed by atoms with Gasteiger partial charge in [0.1, 0.15) is 17.9 Å². The van der Waals surface area contributed by atoms with Crippen LogP contribution in [0.4, 0.5) is 5.95 Å². The van der Waals surface area contributed by atoms with Crippen LogP contribution < -0.4 is 14.8 Å². The van der Waals surface area contributed by atoms with Gasteiger partial charge < -0.3 is 19.5 Å². The molecule has 2 aliphatic rings. The molecule has 1 saturated carbocycles. The first-order valence-corrected chi connectivity index (χ1v) is 10.7. The first kappa shape index (κ1) is 20.4. The summed E-state index contributed by atoms with van der Waals surface area (Å²) in [4.78, 5) is 9.29. The molecule has 7 heteroatoms. The zero-order valence-electron chi connectivity index (χ0n) is 17.3. The van der Waals surface area contributed by atoms with Gasteiger partial charge in [-0.25, -0.2) is 4.98 Å². The molecular formula is C23H28N4O3. The van der Waals surface area contributed by atoms with Gasteiger partial charge in [-0.3, -0.25) is 0 Å². The molecular weight excluding hydrogens is 380 g/mol. The second kappa shape index (κ2) is 9.77. The maximum absolute atomic E-state index is 8.66. The van der Waals surface area contributed by atoms with E-state index in [-0.39, 0.29) is 12.7 Å². The van der Waals surface area contributed by atoms with Crippen LogP contribution in [0.2, 0.25) is 0 Å². The molecule has 2 aromatic rings.